The molecule has 0 aromatic rings. The average molecular weight is 507 g/mol. The van der Waals surface area contributed by atoms with Crippen molar-refractivity contribution >= 4 is 17.9 Å². The third-order valence-corrected chi connectivity index (χ3v) is 8.90. The molecular weight excluding hydrogens is 464 g/mol. The number of ether oxygens (including phenoxy) is 5. The van der Waals surface area contributed by atoms with Gasteiger partial charge in [-0.15, -0.1) is 0 Å². The minimum atomic E-state index is -0.964. The summed E-state index contributed by atoms with van der Waals surface area (Å²) >= 11 is 0. The van der Waals surface area contributed by atoms with Gasteiger partial charge < -0.3 is 23.7 Å². The molecule has 8 heteroatoms. The molecule has 1 aliphatic carbocycles. The van der Waals surface area contributed by atoms with E-state index in [1.54, 1.807) is 0 Å². The van der Waals surface area contributed by atoms with E-state index < -0.39 is 29.7 Å². The van der Waals surface area contributed by atoms with E-state index in [9.17, 15) is 14.4 Å². The zero-order valence-electron chi connectivity index (χ0n) is 22.5. The zero-order valence-corrected chi connectivity index (χ0v) is 22.5. The van der Waals surface area contributed by atoms with Crippen LogP contribution in [0.1, 0.15) is 73.6 Å². The summed E-state index contributed by atoms with van der Waals surface area (Å²) in [5, 5.41) is 0. The van der Waals surface area contributed by atoms with Crippen LogP contribution in [0, 0.1) is 29.6 Å². The minimum absolute atomic E-state index is 0.0566. The van der Waals surface area contributed by atoms with Crippen molar-refractivity contribution in [1.29, 1.82) is 0 Å². The zero-order chi connectivity index (χ0) is 26.4. The molecule has 1 saturated carbocycles. The van der Waals surface area contributed by atoms with Crippen LogP contribution in [0.25, 0.3) is 0 Å². The summed E-state index contributed by atoms with van der Waals surface area (Å²) in [6.45, 7) is 15.8. The number of carbonyl (C=O) groups excluding carboxylic acids is 3. The number of esters is 3. The Labute approximate surface area is 214 Å². The van der Waals surface area contributed by atoms with Crippen molar-refractivity contribution in [1.82, 2.24) is 0 Å². The van der Waals surface area contributed by atoms with Gasteiger partial charge in [0.15, 0.2) is 0 Å². The predicted octanol–water partition coefficient (Wildman–Crippen LogP) is 3.99. The van der Waals surface area contributed by atoms with Gasteiger partial charge in [-0.1, -0.05) is 27.4 Å². The number of rotatable bonds is 5. The molecule has 4 fully saturated rings. The standard InChI is InChI=1S/C28H42O8/c1-8-9-23(31)36-26-15(3)10-19-16(4)13-32-28(7)22(34-18(6)30)12-20(33-17(5)29)14(2)11-21-25(26)24(19)27(28)35-21/h15-16,19-22,24-27H,2,8-13H2,1,3-7H3/t15-,16+,19+,20-,21-,22-,24+,25+,26-,27+,28+/m1/s1. The lowest BCUT2D eigenvalue weighted by Crippen LogP contribution is -2.58. The predicted molar refractivity (Wildman–Crippen MR) is 131 cm³/mol. The van der Waals surface area contributed by atoms with Crippen molar-refractivity contribution < 1.29 is 38.1 Å². The third kappa shape index (κ3) is 4.95. The van der Waals surface area contributed by atoms with Crippen molar-refractivity contribution in [3.05, 3.63) is 12.2 Å². The number of hydrogen-bond acceptors (Lipinski definition) is 8. The summed E-state index contributed by atoms with van der Waals surface area (Å²) in [6.07, 6.45) is 0.456. The summed E-state index contributed by atoms with van der Waals surface area (Å²) in [6, 6.07) is 0. The second-order valence-electron chi connectivity index (χ2n) is 11.6. The minimum Gasteiger partial charge on any atom is -0.462 e. The fourth-order valence-electron chi connectivity index (χ4n) is 7.26. The third-order valence-electron chi connectivity index (χ3n) is 8.90. The van der Waals surface area contributed by atoms with Crippen LogP contribution < -0.4 is 0 Å². The molecule has 0 unspecified atom stereocenters. The van der Waals surface area contributed by atoms with Gasteiger partial charge in [-0.05, 0) is 49.5 Å². The Hall–Kier alpha value is -1.93. The molecule has 2 bridgehead atoms. The maximum Gasteiger partial charge on any atom is 0.306 e. The Morgan fingerprint density at radius 1 is 1.03 bits per heavy atom. The molecule has 8 nitrogen and oxygen atoms in total. The number of hydrogen-bond donors (Lipinski definition) is 0. The average Bonchev–Trinajstić information content (AvgIpc) is 3.13. The van der Waals surface area contributed by atoms with E-state index in [0.717, 1.165) is 12.8 Å². The highest BCUT2D eigenvalue weighted by Crippen LogP contribution is 2.58. The maximum atomic E-state index is 12.7. The van der Waals surface area contributed by atoms with Gasteiger partial charge in [0.05, 0.1) is 18.8 Å². The van der Waals surface area contributed by atoms with Gasteiger partial charge in [-0.25, -0.2) is 0 Å². The van der Waals surface area contributed by atoms with Crippen LogP contribution in [0.5, 0.6) is 0 Å². The second-order valence-corrected chi connectivity index (χ2v) is 11.6. The van der Waals surface area contributed by atoms with E-state index in [1.165, 1.54) is 13.8 Å². The maximum absolute atomic E-state index is 12.7. The Morgan fingerprint density at radius 3 is 2.36 bits per heavy atom. The van der Waals surface area contributed by atoms with Crippen LogP contribution in [0.15, 0.2) is 12.2 Å². The molecule has 0 amide bonds. The van der Waals surface area contributed by atoms with E-state index in [-0.39, 0.29) is 54.4 Å². The monoisotopic (exact) mass is 506 g/mol. The van der Waals surface area contributed by atoms with E-state index in [2.05, 4.69) is 20.4 Å². The van der Waals surface area contributed by atoms with Crippen LogP contribution in [-0.2, 0) is 38.1 Å². The molecule has 36 heavy (non-hydrogen) atoms. The first-order valence-corrected chi connectivity index (χ1v) is 13.5. The van der Waals surface area contributed by atoms with E-state index in [4.69, 9.17) is 23.7 Å². The second kappa shape index (κ2) is 10.4. The van der Waals surface area contributed by atoms with Crippen LogP contribution in [0.2, 0.25) is 0 Å². The van der Waals surface area contributed by atoms with Gasteiger partial charge in [0, 0.05) is 38.5 Å². The van der Waals surface area contributed by atoms with Crippen molar-refractivity contribution in [2.45, 2.75) is 110 Å². The van der Waals surface area contributed by atoms with Gasteiger partial charge in [-0.2, -0.15) is 0 Å². The number of carbonyl (C=O) groups is 3. The smallest absolute Gasteiger partial charge is 0.306 e. The van der Waals surface area contributed by atoms with Crippen molar-refractivity contribution in [3.63, 3.8) is 0 Å². The molecule has 0 spiro atoms. The molecular formula is C28H42O8. The van der Waals surface area contributed by atoms with Gasteiger partial charge in [0.1, 0.15) is 23.9 Å². The molecule has 4 aliphatic rings. The highest BCUT2D eigenvalue weighted by molar-refractivity contribution is 5.69. The van der Waals surface area contributed by atoms with E-state index >= 15 is 0 Å². The quantitative estimate of drug-likeness (QED) is 0.314. The molecule has 0 radical (unpaired) electrons. The molecule has 3 aliphatic heterocycles. The van der Waals surface area contributed by atoms with Crippen LogP contribution in [0.3, 0.4) is 0 Å². The first kappa shape index (κ1) is 27.1. The molecule has 3 heterocycles. The lowest BCUT2D eigenvalue weighted by atomic mass is 9.59. The van der Waals surface area contributed by atoms with Crippen LogP contribution in [0.4, 0.5) is 0 Å². The highest BCUT2D eigenvalue weighted by Gasteiger charge is 2.65. The van der Waals surface area contributed by atoms with E-state index in [1.807, 2.05) is 13.8 Å². The molecule has 0 N–H and O–H groups in total. The number of fused-ring (bicyclic) bond motifs is 2. The first-order chi connectivity index (χ1) is 17.0. The van der Waals surface area contributed by atoms with Gasteiger partial charge in [0.2, 0.25) is 0 Å². The Kier molecular flexibility index (Phi) is 7.87. The summed E-state index contributed by atoms with van der Waals surface area (Å²) < 4.78 is 31.2. The lowest BCUT2D eigenvalue weighted by molar-refractivity contribution is -0.205. The van der Waals surface area contributed by atoms with Gasteiger partial charge in [-0.3, -0.25) is 14.4 Å². The fraction of sp³-hybridized carbons (Fsp3) is 0.821. The normalized spacial score (nSPS) is 43.9. The first-order valence-electron chi connectivity index (χ1n) is 13.5. The molecule has 202 valence electrons. The molecule has 3 saturated heterocycles. The summed E-state index contributed by atoms with van der Waals surface area (Å²) in [4.78, 5) is 36.9. The van der Waals surface area contributed by atoms with Crippen molar-refractivity contribution in [2.75, 3.05) is 6.61 Å². The largest absolute Gasteiger partial charge is 0.462 e. The summed E-state index contributed by atoms with van der Waals surface area (Å²) in [5.74, 6) is -0.286. The van der Waals surface area contributed by atoms with Gasteiger partial charge >= 0.3 is 17.9 Å². The lowest BCUT2D eigenvalue weighted by Gasteiger charge is -2.47. The SMILES string of the molecule is C=C1C[C@H]2O[C@H]3[C@H]4[C@@H](C[C@@H](C)[C@@H](OC(=O)CCC)[C@H]42)[C@@H](C)CO[C@@]3(C)[C@H](OC(C)=O)C[C@H]1OC(C)=O. The Morgan fingerprint density at radius 2 is 1.72 bits per heavy atom. The topological polar surface area (TPSA) is 97.4 Å². The molecule has 0 aromatic carbocycles. The van der Waals surface area contributed by atoms with Crippen LogP contribution in [-0.4, -0.2) is 60.6 Å². The highest BCUT2D eigenvalue weighted by atomic mass is 16.6. The van der Waals surface area contributed by atoms with Crippen LogP contribution >= 0.6 is 0 Å². The van der Waals surface area contributed by atoms with Crippen molar-refractivity contribution in [2.24, 2.45) is 29.6 Å². The van der Waals surface area contributed by atoms with Gasteiger partial charge in [0.25, 0.3) is 0 Å². The Bertz CT molecular complexity index is 885. The molecule has 0 aromatic heterocycles. The summed E-state index contributed by atoms with van der Waals surface area (Å²) in [7, 11) is 0. The summed E-state index contributed by atoms with van der Waals surface area (Å²) in [5.41, 5.74) is -0.259. The van der Waals surface area contributed by atoms with Crippen molar-refractivity contribution in [3.8, 4) is 0 Å². The molecule has 4 rings (SSSR count). The molecule has 11 atom stereocenters. The fourth-order valence-corrected chi connectivity index (χ4v) is 7.26. The Balaban J connectivity index is 1.81. The van der Waals surface area contributed by atoms with E-state index in [0.29, 0.717) is 30.9 Å².